The summed E-state index contributed by atoms with van der Waals surface area (Å²) in [4.78, 5) is 20.3. The summed E-state index contributed by atoms with van der Waals surface area (Å²) in [6.07, 6.45) is 3.16. The molecular formula is C10H10N4O2. The summed E-state index contributed by atoms with van der Waals surface area (Å²) < 4.78 is 0. The number of hydrogen-bond donors (Lipinski definition) is 1. The molecule has 0 aromatic carbocycles. The van der Waals surface area contributed by atoms with E-state index in [4.69, 9.17) is 10.4 Å². The highest BCUT2D eigenvalue weighted by Gasteiger charge is 2.31. The molecule has 0 atom stereocenters. The number of carbonyl (C=O) groups is 1. The molecular weight excluding hydrogens is 208 g/mol. The fourth-order valence-corrected chi connectivity index (χ4v) is 1.76. The van der Waals surface area contributed by atoms with Crippen LogP contribution in [0.2, 0.25) is 0 Å². The second-order valence-electron chi connectivity index (χ2n) is 3.71. The maximum atomic E-state index is 10.5. The molecule has 0 bridgehead atoms. The van der Waals surface area contributed by atoms with E-state index in [1.807, 2.05) is 11.0 Å². The number of anilines is 1. The quantitative estimate of drug-likeness (QED) is 0.782. The van der Waals surface area contributed by atoms with Crippen LogP contribution >= 0.6 is 0 Å². The van der Waals surface area contributed by atoms with Gasteiger partial charge in [0, 0.05) is 31.4 Å². The van der Waals surface area contributed by atoms with Gasteiger partial charge in [-0.1, -0.05) is 0 Å². The lowest BCUT2D eigenvalue weighted by atomic mass is 9.96. The molecule has 1 N–H and O–H groups in total. The van der Waals surface area contributed by atoms with Crippen LogP contribution in [0.25, 0.3) is 0 Å². The molecule has 1 aliphatic heterocycles. The van der Waals surface area contributed by atoms with Gasteiger partial charge in [0.15, 0.2) is 11.5 Å². The third kappa shape index (κ3) is 1.93. The molecule has 1 saturated heterocycles. The molecule has 1 aromatic heterocycles. The van der Waals surface area contributed by atoms with Gasteiger partial charge in [-0.2, -0.15) is 5.26 Å². The van der Waals surface area contributed by atoms with Gasteiger partial charge in [-0.15, -0.1) is 0 Å². The molecule has 0 spiro atoms. The minimum atomic E-state index is -0.788. The summed E-state index contributed by atoms with van der Waals surface area (Å²) in [6, 6.07) is 1.97. The van der Waals surface area contributed by atoms with Gasteiger partial charge in [0.2, 0.25) is 0 Å². The Bertz CT molecular complexity index is 448. The Morgan fingerprint density at radius 1 is 1.56 bits per heavy atom. The van der Waals surface area contributed by atoms with Gasteiger partial charge >= 0.3 is 5.97 Å². The molecule has 6 nitrogen and oxygen atoms in total. The van der Waals surface area contributed by atoms with Gasteiger partial charge in [0.05, 0.1) is 6.42 Å². The Hall–Kier alpha value is -2.16. The monoisotopic (exact) mass is 218 g/mol. The normalized spacial score (nSPS) is 15.3. The fraction of sp³-hybridized carbons (Fsp3) is 0.400. The SMILES string of the molecule is N#Cc1nccnc1N1CC(CC(=O)O)C1. The average molecular weight is 218 g/mol. The number of nitrogens with zero attached hydrogens (tertiary/aromatic N) is 4. The number of carboxylic acids is 1. The molecule has 0 unspecified atom stereocenters. The van der Waals surface area contributed by atoms with Gasteiger partial charge in [-0.05, 0) is 0 Å². The lowest BCUT2D eigenvalue weighted by Crippen LogP contribution is -2.48. The lowest BCUT2D eigenvalue weighted by Gasteiger charge is -2.39. The Labute approximate surface area is 92.2 Å². The molecule has 82 valence electrons. The predicted molar refractivity (Wildman–Crippen MR) is 54.7 cm³/mol. The minimum Gasteiger partial charge on any atom is -0.481 e. The molecule has 2 heterocycles. The van der Waals surface area contributed by atoms with Gasteiger partial charge in [-0.3, -0.25) is 4.79 Å². The first-order valence-corrected chi connectivity index (χ1v) is 4.88. The maximum absolute atomic E-state index is 10.5. The molecule has 0 radical (unpaired) electrons. The zero-order valence-electron chi connectivity index (χ0n) is 8.50. The van der Waals surface area contributed by atoms with Crippen molar-refractivity contribution < 1.29 is 9.90 Å². The highest BCUT2D eigenvalue weighted by molar-refractivity contribution is 5.68. The van der Waals surface area contributed by atoms with Crippen LogP contribution in [0.3, 0.4) is 0 Å². The van der Waals surface area contributed by atoms with Gasteiger partial charge in [0.25, 0.3) is 0 Å². The van der Waals surface area contributed by atoms with E-state index in [0.29, 0.717) is 18.9 Å². The zero-order valence-corrected chi connectivity index (χ0v) is 8.50. The molecule has 1 aliphatic rings. The van der Waals surface area contributed by atoms with E-state index in [1.165, 1.54) is 12.4 Å². The summed E-state index contributed by atoms with van der Waals surface area (Å²) in [6.45, 7) is 1.25. The van der Waals surface area contributed by atoms with Crippen molar-refractivity contribution in [3.8, 4) is 6.07 Å². The van der Waals surface area contributed by atoms with Gasteiger partial charge < -0.3 is 10.0 Å². The first-order valence-electron chi connectivity index (χ1n) is 4.88. The number of nitriles is 1. The largest absolute Gasteiger partial charge is 0.481 e. The topological polar surface area (TPSA) is 90.1 Å². The van der Waals surface area contributed by atoms with E-state index in [0.717, 1.165) is 0 Å². The summed E-state index contributed by atoms with van der Waals surface area (Å²) in [5.74, 6) is -0.0954. The third-order valence-electron chi connectivity index (χ3n) is 2.50. The smallest absolute Gasteiger partial charge is 0.303 e. The molecule has 16 heavy (non-hydrogen) atoms. The van der Waals surface area contributed by atoms with Crippen LogP contribution in [0.5, 0.6) is 0 Å². The van der Waals surface area contributed by atoms with E-state index in [-0.39, 0.29) is 18.0 Å². The van der Waals surface area contributed by atoms with E-state index in [1.54, 1.807) is 0 Å². The first-order chi connectivity index (χ1) is 7.70. The Balaban J connectivity index is 2.02. The van der Waals surface area contributed by atoms with Crippen LogP contribution in [-0.4, -0.2) is 34.1 Å². The highest BCUT2D eigenvalue weighted by Crippen LogP contribution is 2.26. The molecule has 1 aromatic rings. The second kappa shape index (κ2) is 4.14. The molecule has 0 saturated carbocycles. The van der Waals surface area contributed by atoms with E-state index < -0.39 is 5.97 Å². The second-order valence-corrected chi connectivity index (χ2v) is 3.71. The number of aliphatic carboxylic acids is 1. The van der Waals surface area contributed by atoms with Gasteiger partial charge in [0.1, 0.15) is 6.07 Å². The molecule has 1 fully saturated rings. The summed E-state index contributed by atoms with van der Waals surface area (Å²) in [5.41, 5.74) is 0.288. The van der Waals surface area contributed by atoms with E-state index in [9.17, 15) is 4.79 Å². The van der Waals surface area contributed by atoms with Crippen LogP contribution in [0.1, 0.15) is 12.1 Å². The van der Waals surface area contributed by atoms with Crippen molar-refractivity contribution in [2.24, 2.45) is 5.92 Å². The van der Waals surface area contributed by atoms with Crippen LogP contribution in [0, 0.1) is 17.2 Å². The molecule has 0 amide bonds. The fourth-order valence-electron chi connectivity index (χ4n) is 1.76. The van der Waals surface area contributed by atoms with E-state index >= 15 is 0 Å². The van der Waals surface area contributed by atoms with Crippen LogP contribution in [0.15, 0.2) is 12.4 Å². The predicted octanol–water partition coefficient (Wildman–Crippen LogP) is 0.259. The standard InChI is InChI=1S/C10H10N4O2/c11-4-8-10(13-2-1-12-8)14-5-7(6-14)3-9(15)16/h1-2,7H,3,5-6H2,(H,15,16). The van der Waals surface area contributed by atoms with E-state index in [2.05, 4.69) is 9.97 Å². The van der Waals surface area contributed by atoms with Crippen molar-refractivity contribution in [3.63, 3.8) is 0 Å². The third-order valence-corrected chi connectivity index (χ3v) is 2.50. The summed E-state index contributed by atoms with van der Waals surface area (Å²) >= 11 is 0. The molecule has 2 rings (SSSR count). The molecule has 6 heteroatoms. The van der Waals surface area contributed by atoms with Crippen molar-refractivity contribution in [1.29, 1.82) is 5.26 Å². The summed E-state index contributed by atoms with van der Waals surface area (Å²) in [7, 11) is 0. The molecule has 0 aliphatic carbocycles. The van der Waals surface area contributed by atoms with Crippen LogP contribution in [0.4, 0.5) is 5.82 Å². The first kappa shape index (κ1) is 10.4. The van der Waals surface area contributed by atoms with Crippen molar-refractivity contribution in [1.82, 2.24) is 9.97 Å². The lowest BCUT2D eigenvalue weighted by molar-refractivity contribution is -0.138. The summed E-state index contributed by atoms with van der Waals surface area (Å²) in [5, 5.41) is 17.4. The number of rotatable bonds is 3. The van der Waals surface area contributed by atoms with Crippen molar-refractivity contribution >= 4 is 11.8 Å². The van der Waals surface area contributed by atoms with Crippen molar-refractivity contribution in [2.75, 3.05) is 18.0 Å². The average Bonchev–Trinajstić information content (AvgIpc) is 2.22. The van der Waals surface area contributed by atoms with Crippen LogP contribution in [-0.2, 0) is 4.79 Å². The number of aromatic nitrogens is 2. The number of carboxylic acid groups (broad SMARTS) is 1. The highest BCUT2D eigenvalue weighted by atomic mass is 16.4. The minimum absolute atomic E-state index is 0.144. The Kier molecular flexibility index (Phi) is 2.68. The Morgan fingerprint density at radius 2 is 2.25 bits per heavy atom. The van der Waals surface area contributed by atoms with Crippen molar-refractivity contribution in [3.05, 3.63) is 18.1 Å². The van der Waals surface area contributed by atoms with Crippen LogP contribution < -0.4 is 4.90 Å². The maximum Gasteiger partial charge on any atom is 0.303 e. The zero-order chi connectivity index (χ0) is 11.5. The number of hydrogen-bond acceptors (Lipinski definition) is 5. The Morgan fingerprint density at radius 3 is 2.88 bits per heavy atom. The van der Waals surface area contributed by atoms with Gasteiger partial charge in [-0.25, -0.2) is 9.97 Å². The van der Waals surface area contributed by atoms with Crippen molar-refractivity contribution in [2.45, 2.75) is 6.42 Å².